The van der Waals surface area contributed by atoms with Gasteiger partial charge in [-0.05, 0) is 12.2 Å². The van der Waals surface area contributed by atoms with Crippen molar-refractivity contribution in [3.63, 3.8) is 0 Å². The third kappa shape index (κ3) is 1.31. The van der Waals surface area contributed by atoms with Gasteiger partial charge in [-0.1, -0.05) is 0 Å². The molecule has 1 aromatic heterocycles. The quantitative estimate of drug-likeness (QED) is 0.441. The van der Waals surface area contributed by atoms with Crippen molar-refractivity contribution < 1.29 is 4.79 Å². The molecule has 0 radical (unpaired) electrons. The summed E-state index contributed by atoms with van der Waals surface area (Å²) in [7, 11) is 1.87. The number of allylic oxidation sites excluding steroid dienone is 1. The molecule has 3 heteroatoms. The van der Waals surface area contributed by atoms with Gasteiger partial charge in [0.2, 0.25) is 0 Å². The number of aldehydes is 1. The first kappa shape index (κ1) is 6.74. The van der Waals surface area contributed by atoms with E-state index in [1.165, 1.54) is 6.08 Å². The summed E-state index contributed by atoms with van der Waals surface area (Å²) in [4.78, 5) is 13.8. The van der Waals surface area contributed by atoms with Crippen molar-refractivity contribution >= 4 is 12.4 Å². The van der Waals surface area contributed by atoms with E-state index >= 15 is 0 Å². The zero-order chi connectivity index (χ0) is 7.40. The molecular weight excluding hydrogens is 128 g/mol. The number of rotatable bonds is 2. The number of nitrogens with zero attached hydrogens (tertiary/aromatic N) is 2. The zero-order valence-electron chi connectivity index (χ0n) is 5.69. The molecule has 1 aromatic rings. The van der Waals surface area contributed by atoms with Crippen LogP contribution in [-0.2, 0) is 11.8 Å². The van der Waals surface area contributed by atoms with Gasteiger partial charge < -0.3 is 4.57 Å². The third-order valence-electron chi connectivity index (χ3n) is 1.20. The molecular formula is C7H8N2O. The monoisotopic (exact) mass is 136 g/mol. The summed E-state index contributed by atoms with van der Waals surface area (Å²) in [5, 5.41) is 0. The maximum atomic E-state index is 9.89. The summed E-state index contributed by atoms with van der Waals surface area (Å²) in [6.45, 7) is 0. The van der Waals surface area contributed by atoms with Crippen molar-refractivity contribution in [2.45, 2.75) is 0 Å². The highest BCUT2D eigenvalue weighted by Crippen LogP contribution is 1.97. The Kier molecular flexibility index (Phi) is 1.99. The number of hydrogen-bond donors (Lipinski definition) is 0. The number of imidazole rings is 1. The second kappa shape index (κ2) is 2.96. The molecule has 0 aliphatic rings. The van der Waals surface area contributed by atoms with Gasteiger partial charge in [0.25, 0.3) is 0 Å². The summed E-state index contributed by atoms with van der Waals surface area (Å²) in [6, 6.07) is 0. The first-order valence-corrected chi connectivity index (χ1v) is 2.93. The molecule has 1 rings (SSSR count). The Morgan fingerprint density at radius 1 is 1.70 bits per heavy atom. The Balaban J connectivity index is 2.83. The van der Waals surface area contributed by atoms with Crippen LogP contribution in [0.5, 0.6) is 0 Å². The lowest BCUT2D eigenvalue weighted by Gasteiger charge is -1.90. The Hall–Kier alpha value is -1.38. The molecule has 0 saturated carbocycles. The Labute approximate surface area is 59.0 Å². The lowest BCUT2D eigenvalue weighted by atomic mass is 10.4. The molecule has 0 unspecified atom stereocenters. The van der Waals surface area contributed by atoms with E-state index < -0.39 is 0 Å². The number of carbonyl (C=O) groups excluding carboxylic acids is 1. The molecule has 0 aromatic carbocycles. The van der Waals surface area contributed by atoms with Crippen molar-refractivity contribution in [3.05, 3.63) is 24.3 Å². The van der Waals surface area contributed by atoms with Gasteiger partial charge in [-0.15, -0.1) is 0 Å². The molecule has 0 fully saturated rings. The number of aryl methyl sites for hydroxylation is 1. The van der Waals surface area contributed by atoms with Crippen LogP contribution in [-0.4, -0.2) is 15.8 Å². The van der Waals surface area contributed by atoms with Crippen LogP contribution in [0.25, 0.3) is 6.08 Å². The molecule has 0 aliphatic carbocycles. The topological polar surface area (TPSA) is 34.9 Å². The van der Waals surface area contributed by atoms with Gasteiger partial charge in [-0.25, -0.2) is 4.98 Å². The van der Waals surface area contributed by atoms with Crippen molar-refractivity contribution in [1.29, 1.82) is 0 Å². The third-order valence-corrected chi connectivity index (χ3v) is 1.20. The Bertz CT molecular complexity index is 250. The van der Waals surface area contributed by atoms with E-state index in [1.54, 1.807) is 18.6 Å². The first-order chi connectivity index (χ1) is 4.84. The minimum atomic E-state index is 0.743. The van der Waals surface area contributed by atoms with Gasteiger partial charge in [0.05, 0.1) is 18.2 Å². The molecule has 0 saturated heterocycles. The smallest absolute Gasteiger partial charge is 0.142 e. The fourth-order valence-corrected chi connectivity index (χ4v) is 0.666. The Morgan fingerprint density at radius 3 is 3.00 bits per heavy atom. The fraction of sp³-hybridized carbons (Fsp3) is 0.143. The van der Waals surface area contributed by atoms with Gasteiger partial charge in [0.1, 0.15) is 6.29 Å². The van der Waals surface area contributed by atoms with Gasteiger partial charge in [0.15, 0.2) is 0 Å². The van der Waals surface area contributed by atoms with E-state index in [9.17, 15) is 4.79 Å². The van der Waals surface area contributed by atoms with E-state index in [4.69, 9.17) is 0 Å². The first-order valence-electron chi connectivity index (χ1n) is 2.93. The van der Waals surface area contributed by atoms with Gasteiger partial charge in [0, 0.05) is 7.05 Å². The van der Waals surface area contributed by atoms with E-state index in [1.807, 2.05) is 11.6 Å². The molecule has 0 aliphatic heterocycles. The highest BCUT2D eigenvalue weighted by Gasteiger charge is 1.88. The summed E-state index contributed by atoms with van der Waals surface area (Å²) in [6.07, 6.45) is 7.27. The van der Waals surface area contributed by atoms with Crippen LogP contribution in [0.3, 0.4) is 0 Å². The molecule has 0 bridgehead atoms. The van der Waals surface area contributed by atoms with Crippen LogP contribution in [0.4, 0.5) is 0 Å². The minimum absolute atomic E-state index is 0.743. The van der Waals surface area contributed by atoms with Crippen LogP contribution in [0.15, 0.2) is 18.6 Å². The molecule has 3 nitrogen and oxygen atoms in total. The zero-order valence-corrected chi connectivity index (χ0v) is 5.69. The molecule has 52 valence electrons. The number of aromatic nitrogens is 2. The molecule has 1 heterocycles. The summed E-state index contributed by atoms with van der Waals surface area (Å²) < 4.78 is 1.83. The summed E-state index contributed by atoms with van der Waals surface area (Å²) >= 11 is 0. The van der Waals surface area contributed by atoms with Crippen molar-refractivity contribution in [1.82, 2.24) is 9.55 Å². The molecule has 0 atom stereocenters. The van der Waals surface area contributed by atoms with Crippen LogP contribution in [0.2, 0.25) is 0 Å². The average molecular weight is 136 g/mol. The largest absolute Gasteiger partial charge is 0.334 e. The van der Waals surface area contributed by atoms with E-state index in [0.29, 0.717) is 0 Å². The molecule has 0 N–H and O–H groups in total. The van der Waals surface area contributed by atoms with Crippen LogP contribution >= 0.6 is 0 Å². The molecule has 10 heavy (non-hydrogen) atoms. The summed E-state index contributed by atoms with van der Waals surface area (Å²) in [5.74, 6) is 0. The average Bonchev–Trinajstić information content (AvgIpc) is 2.31. The van der Waals surface area contributed by atoms with Gasteiger partial charge in [-0.2, -0.15) is 0 Å². The van der Waals surface area contributed by atoms with Gasteiger partial charge >= 0.3 is 0 Å². The van der Waals surface area contributed by atoms with Crippen molar-refractivity contribution in [3.8, 4) is 0 Å². The highest BCUT2D eigenvalue weighted by atomic mass is 16.1. The van der Waals surface area contributed by atoms with E-state index in [-0.39, 0.29) is 0 Å². The molecule has 0 amide bonds. The predicted octanol–water partition coefficient (Wildman–Crippen LogP) is 0.632. The maximum absolute atomic E-state index is 9.89. The highest BCUT2D eigenvalue weighted by molar-refractivity contribution is 5.72. The Morgan fingerprint density at radius 2 is 2.50 bits per heavy atom. The lowest BCUT2D eigenvalue weighted by molar-refractivity contribution is -0.104. The second-order valence-electron chi connectivity index (χ2n) is 1.92. The predicted molar refractivity (Wildman–Crippen MR) is 38.3 cm³/mol. The van der Waals surface area contributed by atoms with Crippen LogP contribution < -0.4 is 0 Å². The SMILES string of the molecule is Cn1cncc1/C=C/C=O. The number of hydrogen-bond acceptors (Lipinski definition) is 2. The maximum Gasteiger partial charge on any atom is 0.142 e. The van der Waals surface area contributed by atoms with Crippen molar-refractivity contribution in [2.24, 2.45) is 7.05 Å². The van der Waals surface area contributed by atoms with Gasteiger partial charge in [-0.3, -0.25) is 4.79 Å². The fourth-order valence-electron chi connectivity index (χ4n) is 0.666. The van der Waals surface area contributed by atoms with Crippen LogP contribution in [0, 0.1) is 0 Å². The second-order valence-corrected chi connectivity index (χ2v) is 1.92. The molecule has 0 spiro atoms. The normalized spacial score (nSPS) is 10.5. The minimum Gasteiger partial charge on any atom is -0.334 e. The summed E-state index contributed by atoms with van der Waals surface area (Å²) in [5.41, 5.74) is 0.923. The standard InChI is InChI=1S/C7H8N2O/c1-9-6-8-5-7(9)3-2-4-10/h2-6H,1H3/b3-2+. The van der Waals surface area contributed by atoms with E-state index in [0.717, 1.165) is 12.0 Å². The van der Waals surface area contributed by atoms with Crippen LogP contribution in [0.1, 0.15) is 5.69 Å². The number of carbonyl (C=O) groups is 1. The lowest BCUT2D eigenvalue weighted by Crippen LogP contribution is -1.86. The van der Waals surface area contributed by atoms with Crippen molar-refractivity contribution in [2.75, 3.05) is 0 Å². The van der Waals surface area contributed by atoms with E-state index in [2.05, 4.69) is 4.98 Å².